The average molecular weight is 341 g/mol. The number of hydrogen-bond acceptors (Lipinski definition) is 4. The van der Waals surface area contributed by atoms with Crippen LogP contribution in [0.3, 0.4) is 0 Å². The monoisotopic (exact) mass is 341 g/mol. The summed E-state index contributed by atoms with van der Waals surface area (Å²) in [5.41, 5.74) is -0.159. The first-order chi connectivity index (χ1) is 11.3. The zero-order chi connectivity index (χ0) is 17.3. The lowest BCUT2D eigenvalue weighted by Gasteiger charge is -2.09. The Balaban J connectivity index is 1.72. The minimum Gasteiger partial charge on any atom is -0.478 e. The molecule has 24 heavy (non-hydrogen) atoms. The fourth-order valence-electron chi connectivity index (χ4n) is 2.26. The maximum Gasteiger partial charge on any atom is 0.435 e. The number of alkyl halides is 3. The Morgan fingerprint density at radius 1 is 1.21 bits per heavy atom. The molecule has 2 aromatic rings. The van der Waals surface area contributed by atoms with E-state index in [1.165, 1.54) is 19.9 Å². The molecule has 0 unspecified atom stereocenters. The molecule has 0 aromatic carbocycles. The Hall–Kier alpha value is -2.25. The van der Waals surface area contributed by atoms with Gasteiger partial charge in [0.2, 0.25) is 17.6 Å². The maximum atomic E-state index is 12.7. The zero-order valence-corrected chi connectivity index (χ0v) is 13.4. The first-order valence-corrected chi connectivity index (χ1v) is 7.72. The zero-order valence-electron chi connectivity index (χ0n) is 13.4. The molecule has 0 atom stereocenters. The summed E-state index contributed by atoms with van der Waals surface area (Å²) in [4.78, 5) is 4.19. The van der Waals surface area contributed by atoms with Crippen LogP contribution in [0.25, 0.3) is 0 Å². The van der Waals surface area contributed by atoms with E-state index in [2.05, 4.69) is 10.1 Å². The van der Waals surface area contributed by atoms with Crippen LogP contribution in [0.4, 0.5) is 13.2 Å². The van der Waals surface area contributed by atoms with Crippen LogP contribution in [0.5, 0.6) is 17.6 Å². The van der Waals surface area contributed by atoms with E-state index in [1.54, 1.807) is 12.1 Å². The van der Waals surface area contributed by atoms with Gasteiger partial charge in [0.25, 0.3) is 0 Å². The molecule has 1 saturated carbocycles. The lowest BCUT2D eigenvalue weighted by molar-refractivity contribution is -0.141. The summed E-state index contributed by atoms with van der Waals surface area (Å²) in [6.45, 7) is 2.41. The number of aromatic nitrogens is 3. The van der Waals surface area contributed by atoms with Crippen LogP contribution in [0.15, 0.2) is 18.2 Å². The van der Waals surface area contributed by atoms with Crippen molar-refractivity contribution >= 4 is 0 Å². The van der Waals surface area contributed by atoms with Crippen molar-refractivity contribution in [2.24, 2.45) is 13.0 Å². The molecule has 0 aliphatic heterocycles. The summed E-state index contributed by atoms with van der Waals surface area (Å²) >= 11 is 0. The molecule has 5 nitrogen and oxygen atoms in total. The summed E-state index contributed by atoms with van der Waals surface area (Å²) in [5, 5.41) is 3.41. The van der Waals surface area contributed by atoms with Gasteiger partial charge < -0.3 is 9.47 Å². The largest absolute Gasteiger partial charge is 0.478 e. The minimum atomic E-state index is -4.52. The summed E-state index contributed by atoms with van der Waals surface area (Å²) in [7, 11) is 1.38. The Morgan fingerprint density at radius 3 is 2.54 bits per heavy atom. The van der Waals surface area contributed by atoms with Gasteiger partial charge in [-0.15, -0.1) is 0 Å². The van der Waals surface area contributed by atoms with Crippen LogP contribution in [-0.4, -0.2) is 21.4 Å². The summed E-state index contributed by atoms with van der Waals surface area (Å²) in [6.07, 6.45) is -1.03. The van der Waals surface area contributed by atoms with Crippen molar-refractivity contribution in [3.05, 3.63) is 29.5 Å². The van der Waals surface area contributed by atoms with Gasteiger partial charge in [0.1, 0.15) is 0 Å². The lowest BCUT2D eigenvalue weighted by Crippen LogP contribution is -2.06. The van der Waals surface area contributed by atoms with Gasteiger partial charge >= 0.3 is 6.18 Å². The van der Waals surface area contributed by atoms with Crippen molar-refractivity contribution in [3.63, 3.8) is 0 Å². The average Bonchev–Trinajstić information content (AvgIpc) is 3.21. The second-order valence-corrected chi connectivity index (χ2v) is 5.99. The van der Waals surface area contributed by atoms with Crippen LogP contribution < -0.4 is 9.47 Å². The van der Waals surface area contributed by atoms with Crippen molar-refractivity contribution in [2.75, 3.05) is 6.61 Å². The summed E-state index contributed by atoms with van der Waals surface area (Å²) in [6, 6.07) is 4.25. The molecule has 0 bridgehead atoms. The molecule has 1 aliphatic carbocycles. The van der Waals surface area contributed by atoms with Crippen LogP contribution >= 0.6 is 0 Å². The highest BCUT2D eigenvalue weighted by Crippen LogP contribution is 2.33. The molecule has 8 heteroatoms. The molecular formula is C16H18F3N3O2. The van der Waals surface area contributed by atoms with Crippen molar-refractivity contribution in [1.82, 2.24) is 14.8 Å². The second kappa shape index (κ2) is 6.33. The molecule has 0 radical (unpaired) electrons. The van der Waals surface area contributed by atoms with Crippen LogP contribution in [0.2, 0.25) is 0 Å². The first kappa shape index (κ1) is 16.6. The SMILES string of the molecule is Cc1cc(OCCC2CC2)nc(Oc2cc(C(F)(F)F)nn2C)c1. The minimum absolute atomic E-state index is 0.0376. The molecule has 0 spiro atoms. The molecule has 2 aromatic heterocycles. The third-order valence-electron chi connectivity index (χ3n) is 3.73. The van der Waals surface area contributed by atoms with E-state index < -0.39 is 11.9 Å². The number of hydrogen-bond donors (Lipinski definition) is 0. The molecule has 0 saturated heterocycles. The standard InChI is InChI=1S/C16H18F3N3O2/c1-10-7-13(23-6-5-11-3-4-11)20-14(8-10)24-15-9-12(16(17,18)19)21-22(15)2/h7-9,11H,3-6H2,1-2H3. The topological polar surface area (TPSA) is 49.2 Å². The lowest BCUT2D eigenvalue weighted by atomic mass is 10.3. The highest BCUT2D eigenvalue weighted by Gasteiger charge is 2.35. The van der Waals surface area contributed by atoms with Crippen LogP contribution in [-0.2, 0) is 13.2 Å². The van der Waals surface area contributed by atoms with E-state index in [1.807, 2.05) is 6.92 Å². The number of halogens is 3. The molecule has 0 N–H and O–H groups in total. The predicted octanol–water partition coefficient (Wildman–Crippen LogP) is 4.11. The molecule has 1 fully saturated rings. The third-order valence-corrected chi connectivity index (χ3v) is 3.73. The fraction of sp³-hybridized carbons (Fsp3) is 0.500. The fourth-order valence-corrected chi connectivity index (χ4v) is 2.26. The van der Waals surface area contributed by atoms with E-state index in [4.69, 9.17) is 9.47 Å². The molecule has 130 valence electrons. The number of pyridine rings is 1. The Labute approximate surface area is 137 Å². The third kappa shape index (κ3) is 4.18. The molecule has 2 heterocycles. The number of rotatable bonds is 6. The van der Waals surface area contributed by atoms with Crippen LogP contribution in [0, 0.1) is 12.8 Å². The van der Waals surface area contributed by atoms with E-state index in [0.29, 0.717) is 12.5 Å². The van der Waals surface area contributed by atoms with Gasteiger partial charge in [0, 0.05) is 25.2 Å². The van der Waals surface area contributed by atoms with Crippen molar-refractivity contribution < 1.29 is 22.6 Å². The molecular weight excluding hydrogens is 323 g/mol. The summed E-state index contributed by atoms with van der Waals surface area (Å²) in [5.74, 6) is 1.29. The van der Waals surface area contributed by atoms with Gasteiger partial charge in [-0.2, -0.15) is 23.3 Å². The maximum absolute atomic E-state index is 12.7. The van der Waals surface area contributed by atoms with Gasteiger partial charge in [-0.1, -0.05) is 12.8 Å². The van der Waals surface area contributed by atoms with Crippen LogP contribution in [0.1, 0.15) is 30.5 Å². The Bertz CT molecular complexity index is 724. The van der Waals surface area contributed by atoms with Crippen molar-refractivity contribution in [3.8, 4) is 17.6 Å². The predicted molar refractivity (Wildman–Crippen MR) is 80.1 cm³/mol. The van der Waals surface area contributed by atoms with E-state index in [-0.39, 0.29) is 11.8 Å². The van der Waals surface area contributed by atoms with Gasteiger partial charge in [-0.05, 0) is 24.8 Å². The summed E-state index contributed by atoms with van der Waals surface area (Å²) < 4.78 is 50.2. The van der Waals surface area contributed by atoms with Gasteiger partial charge in [0.05, 0.1) is 6.61 Å². The van der Waals surface area contributed by atoms with E-state index in [0.717, 1.165) is 28.7 Å². The van der Waals surface area contributed by atoms with E-state index in [9.17, 15) is 13.2 Å². The number of nitrogens with zero attached hydrogens (tertiary/aromatic N) is 3. The highest BCUT2D eigenvalue weighted by molar-refractivity contribution is 5.30. The first-order valence-electron chi connectivity index (χ1n) is 7.72. The van der Waals surface area contributed by atoms with Crippen molar-refractivity contribution in [2.45, 2.75) is 32.4 Å². The normalized spacial score (nSPS) is 14.7. The Morgan fingerprint density at radius 2 is 1.92 bits per heavy atom. The molecule has 3 rings (SSSR count). The van der Waals surface area contributed by atoms with E-state index >= 15 is 0 Å². The quantitative estimate of drug-likeness (QED) is 0.793. The number of aryl methyl sites for hydroxylation is 2. The van der Waals surface area contributed by atoms with Gasteiger partial charge in [-0.3, -0.25) is 0 Å². The highest BCUT2D eigenvalue weighted by atomic mass is 19.4. The van der Waals surface area contributed by atoms with Gasteiger partial charge in [0.15, 0.2) is 5.69 Å². The number of ether oxygens (including phenoxy) is 2. The smallest absolute Gasteiger partial charge is 0.435 e. The van der Waals surface area contributed by atoms with Crippen molar-refractivity contribution in [1.29, 1.82) is 0 Å². The molecule has 0 amide bonds. The molecule has 1 aliphatic rings. The second-order valence-electron chi connectivity index (χ2n) is 5.99. The van der Waals surface area contributed by atoms with Gasteiger partial charge in [-0.25, -0.2) is 4.68 Å². The Kier molecular flexibility index (Phi) is 4.38.